The van der Waals surface area contributed by atoms with E-state index in [0.29, 0.717) is 6.54 Å². The highest BCUT2D eigenvalue weighted by molar-refractivity contribution is 5.32. The molecule has 0 saturated carbocycles. The van der Waals surface area contributed by atoms with E-state index >= 15 is 0 Å². The van der Waals surface area contributed by atoms with Crippen LogP contribution in [0.25, 0.3) is 0 Å². The lowest BCUT2D eigenvalue weighted by Crippen LogP contribution is -2.04. The van der Waals surface area contributed by atoms with Crippen LogP contribution in [0.15, 0.2) is 18.2 Å². The Kier molecular flexibility index (Phi) is 5.54. The Labute approximate surface area is 100 Å². The van der Waals surface area contributed by atoms with Crippen LogP contribution in [0.4, 0.5) is 0 Å². The van der Waals surface area contributed by atoms with Crippen molar-refractivity contribution >= 4 is 0 Å². The fourth-order valence-electron chi connectivity index (χ4n) is 2.30. The number of hydrogen-bond donors (Lipinski definition) is 1. The van der Waals surface area contributed by atoms with E-state index in [1.54, 1.807) is 0 Å². The number of aryl methyl sites for hydroxylation is 1. The zero-order chi connectivity index (χ0) is 12.0. The van der Waals surface area contributed by atoms with E-state index < -0.39 is 0 Å². The van der Waals surface area contributed by atoms with Gasteiger partial charge in [-0.2, -0.15) is 0 Å². The summed E-state index contributed by atoms with van der Waals surface area (Å²) in [5, 5.41) is 0. The van der Waals surface area contributed by atoms with Gasteiger partial charge in [-0.25, -0.2) is 0 Å². The quantitative estimate of drug-likeness (QED) is 0.776. The summed E-state index contributed by atoms with van der Waals surface area (Å²) in [6.07, 6.45) is 4.93. The molecule has 1 unspecified atom stereocenters. The summed E-state index contributed by atoms with van der Waals surface area (Å²) in [6.45, 7) is 7.48. The summed E-state index contributed by atoms with van der Waals surface area (Å²) in [4.78, 5) is 0. The minimum absolute atomic E-state index is 0.651. The van der Waals surface area contributed by atoms with Crippen LogP contribution in [-0.4, -0.2) is 0 Å². The summed E-state index contributed by atoms with van der Waals surface area (Å²) in [6, 6.07) is 6.72. The molecule has 0 heterocycles. The monoisotopic (exact) mass is 219 g/mol. The molecule has 16 heavy (non-hydrogen) atoms. The molecule has 90 valence electrons. The largest absolute Gasteiger partial charge is 0.326 e. The summed E-state index contributed by atoms with van der Waals surface area (Å²) >= 11 is 0. The second-order valence-electron chi connectivity index (χ2n) is 4.76. The van der Waals surface area contributed by atoms with Crippen LogP contribution in [-0.2, 0) is 19.4 Å². The van der Waals surface area contributed by atoms with Crippen LogP contribution in [0, 0.1) is 5.92 Å². The Morgan fingerprint density at radius 1 is 1.19 bits per heavy atom. The highest BCUT2D eigenvalue weighted by Gasteiger charge is 2.07. The number of benzene rings is 1. The SMILES string of the molecule is CCCC(C)Cc1ccc(CN)cc1CC. The molecule has 0 bridgehead atoms. The minimum atomic E-state index is 0.651. The van der Waals surface area contributed by atoms with Gasteiger partial charge in [-0.1, -0.05) is 51.8 Å². The lowest BCUT2D eigenvalue weighted by Gasteiger charge is -2.14. The van der Waals surface area contributed by atoms with Crippen molar-refractivity contribution in [2.24, 2.45) is 11.7 Å². The van der Waals surface area contributed by atoms with Crippen LogP contribution in [0.5, 0.6) is 0 Å². The van der Waals surface area contributed by atoms with Crippen LogP contribution < -0.4 is 5.73 Å². The maximum Gasteiger partial charge on any atom is 0.0178 e. The summed E-state index contributed by atoms with van der Waals surface area (Å²) in [5.41, 5.74) is 9.92. The van der Waals surface area contributed by atoms with E-state index in [9.17, 15) is 0 Å². The van der Waals surface area contributed by atoms with Crippen LogP contribution in [0.1, 0.15) is 50.3 Å². The number of hydrogen-bond acceptors (Lipinski definition) is 1. The van der Waals surface area contributed by atoms with E-state index in [-0.39, 0.29) is 0 Å². The zero-order valence-electron chi connectivity index (χ0n) is 10.9. The second kappa shape index (κ2) is 6.70. The second-order valence-corrected chi connectivity index (χ2v) is 4.76. The summed E-state index contributed by atoms with van der Waals surface area (Å²) in [7, 11) is 0. The van der Waals surface area contributed by atoms with Crippen molar-refractivity contribution in [3.8, 4) is 0 Å². The average Bonchev–Trinajstić information content (AvgIpc) is 2.30. The maximum absolute atomic E-state index is 5.67. The molecule has 1 aromatic rings. The van der Waals surface area contributed by atoms with Crippen LogP contribution in [0.3, 0.4) is 0 Å². The smallest absolute Gasteiger partial charge is 0.0178 e. The highest BCUT2D eigenvalue weighted by Crippen LogP contribution is 2.19. The summed E-state index contributed by atoms with van der Waals surface area (Å²) in [5.74, 6) is 0.791. The molecule has 0 aliphatic rings. The Balaban J connectivity index is 2.78. The Hall–Kier alpha value is -0.820. The van der Waals surface area contributed by atoms with Crippen molar-refractivity contribution in [3.05, 3.63) is 34.9 Å². The maximum atomic E-state index is 5.67. The molecule has 0 saturated heterocycles. The van der Waals surface area contributed by atoms with E-state index in [4.69, 9.17) is 5.73 Å². The average molecular weight is 219 g/mol. The molecular formula is C15H25N. The number of rotatable bonds is 6. The van der Waals surface area contributed by atoms with Gasteiger partial charge in [-0.05, 0) is 35.4 Å². The van der Waals surface area contributed by atoms with Gasteiger partial charge in [-0.15, -0.1) is 0 Å². The third-order valence-corrected chi connectivity index (χ3v) is 3.24. The van der Waals surface area contributed by atoms with Gasteiger partial charge in [0.25, 0.3) is 0 Å². The van der Waals surface area contributed by atoms with Crippen LogP contribution in [0.2, 0.25) is 0 Å². The zero-order valence-corrected chi connectivity index (χ0v) is 10.9. The first-order valence-corrected chi connectivity index (χ1v) is 6.52. The van der Waals surface area contributed by atoms with Gasteiger partial charge >= 0.3 is 0 Å². The molecular weight excluding hydrogens is 194 g/mol. The van der Waals surface area contributed by atoms with E-state index in [1.165, 1.54) is 36.0 Å². The van der Waals surface area contributed by atoms with Crippen LogP contribution >= 0.6 is 0 Å². The van der Waals surface area contributed by atoms with Gasteiger partial charge in [0.15, 0.2) is 0 Å². The molecule has 1 rings (SSSR count). The molecule has 0 aliphatic heterocycles. The lowest BCUT2D eigenvalue weighted by atomic mass is 9.92. The van der Waals surface area contributed by atoms with E-state index in [0.717, 1.165) is 12.3 Å². The molecule has 0 radical (unpaired) electrons. The molecule has 0 amide bonds. The van der Waals surface area contributed by atoms with Gasteiger partial charge in [0, 0.05) is 6.54 Å². The Morgan fingerprint density at radius 3 is 2.50 bits per heavy atom. The third-order valence-electron chi connectivity index (χ3n) is 3.24. The fraction of sp³-hybridized carbons (Fsp3) is 0.600. The first-order chi connectivity index (χ1) is 7.71. The molecule has 0 aliphatic carbocycles. The topological polar surface area (TPSA) is 26.0 Å². The van der Waals surface area contributed by atoms with Gasteiger partial charge < -0.3 is 5.73 Å². The molecule has 1 aromatic carbocycles. The molecule has 0 spiro atoms. The Bertz CT molecular complexity index is 317. The molecule has 1 nitrogen and oxygen atoms in total. The van der Waals surface area contributed by atoms with Gasteiger partial charge in [0.05, 0.1) is 0 Å². The lowest BCUT2D eigenvalue weighted by molar-refractivity contribution is 0.520. The first kappa shape index (κ1) is 13.2. The van der Waals surface area contributed by atoms with Crippen molar-refractivity contribution in [1.29, 1.82) is 0 Å². The normalized spacial score (nSPS) is 12.8. The molecule has 0 fully saturated rings. The van der Waals surface area contributed by atoms with E-state index in [1.807, 2.05) is 0 Å². The third kappa shape index (κ3) is 3.64. The van der Waals surface area contributed by atoms with Gasteiger partial charge in [0.1, 0.15) is 0 Å². The summed E-state index contributed by atoms with van der Waals surface area (Å²) < 4.78 is 0. The van der Waals surface area contributed by atoms with Gasteiger partial charge in [-0.3, -0.25) is 0 Å². The molecule has 1 heteroatoms. The minimum Gasteiger partial charge on any atom is -0.326 e. The number of nitrogens with two attached hydrogens (primary N) is 1. The van der Waals surface area contributed by atoms with Crippen molar-refractivity contribution in [2.45, 2.75) is 53.0 Å². The fourth-order valence-corrected chi connectivity index (χ4v) is 2.30. The van der Waals surface area contributed by atoms with Crippen molar-refractivity contribution < 1.29 is 0 Å². The predicted molar refractivity (Wildman–Crippen MR) is 71.5 cm³/mol. The van der Waals surface area contributed by atoms with Crippen molar-refractivity contribution in [2.75, 3.05) is 0 Å². The molecule has 2 N–H and O–H groups in total. The first-order valence-electron chi connectivity index (χ1n) is 6.52. The Morgan fingerprint density at radius 2 is 1.94 bits per heavy atom. The van der Waals surface area contributed by atoms with Crippen molar-refractivity contribution in [1.82, 2.24) is 0 Å². The predicted octanol–water partition coefficient (Wildman–Crippen LogP) is 3.69. The highest BCUT2D eigenvalue weighted by atomic mass is 14.5. The molecule has 1 atom stereocenters. The van der Waals surface area contributed by atoms with Gasteiger partial charge in [0.2, 0.25) is 0 Å². The van der Waals surface area contributed by atoms with E-state index in [2.05, 4.69) is 39.0 Å². The van der Waals surface area contributed by atoms with Crippen molar-refractivity contribution in [3.63, 3.8) is 0 Å². The standard InChI is InChI=1S/C15H25N/c1-4-6-12(3)9-15-8-7-13(11-16)10-14(15)5-2/h7-8,10,12H,4-6,9,11,16H2,1-3H3. The molecule has 0 aromatic heterocycles.